The quantitative estimate of drug-likeness (QED) is 0.291. The molecule has 0 aliphatic rings. The Bertz CT molecular complexity index is 444. The Labute approximate surface area is 150 Å². The van der Waals surface area contributed by atoms with Crippen molar-refractivity contribution in [2.75, 3.05) is 33.7 Å². The van der Waals surface area contributed by atoms with Crippen LogP contribution in [0.15, 0.2) is 10.2 Å². The van der Waals surface area contributed by atoms with E-state index in [9.17, 15) is 0 Å². The summed E-state index contributed by atoms with van der Waals surface area (Å²) >= 11 is 10.3. The molecule has 0 aromatic carbocycles. The maximum Gasteiger partial charge on any atom is 0.187 e. The van der Waals surface area contributed by atoms with Gasteiger partial charge in [-0.15, -0.1) is 0 Å². The standard InChI is InChI=1S/C14H29N7S2/c1-10(2)9-16-14(23)20-18-12(4)11(3)17-19-13(22)15-7-8-21(5)6/h10H,7-9H2,1-6H3,(H2,15,19,22)(H2,16,20,23)/b17-11+,18-12+. The number of thiocarbonyl (C=S) groups is 2. The molecular weight excluding hydrogens is 330 g/mol. The lowest BCUT2D eigenvalue weighted by molar-refractivity contribution is 0.412. The summed E-state index contributed by atoms with van der Waals surface area (Å²) in [6, 6.07) is 0. The molecule has 0 atom stereocenters. The van der Waals surface area contributed by atoms with Gasteiger partial charge in [-0.1, -0.05) is 13.8 Å². The Hall–Kier alpha value is -1.32. The average Bonchev–Trinajstić information content (AvgIpc) is 2.47. The second-order valence-electron chi connectivity index (χ2n) is 5.78. The second-order valence-corrected chi connectivity index (χ2v) is 6.60. The summed E-state index contributed by atoms with van der Waals surface area (Å²) in [7, 11) is 4.02. The fourth-order valence-corrected chi connectivity index (χ4v) is 1.48. The molecule has 7 nitrogen and oxygen atoms in total. The predicted molar refractivity (Wildman–Crippen MR) is 107 cm³/mol. The number of likely N-dealkylation sites (N-methyl/N-ethyl adjacent to an activating group) is 1. The number of hydrogen-bond acceptors (Lipinski definition) is 5. The maximum absolute atomic E-state index is 5.14. The van der Waals surface area contributed by atoms with Gasteiger partial charge >= 0.3 is 0 Å². The summed E-state index contributed by atoms with van der Waals surface area (Å²) in [5.41, 5.74) is 7.04. The summed E-state index contributed by atoms with van der Waals surface area (Å²) < 4.78 is 0. The van der Waals surface area contributed by atoms with Gasteiger partial charge in [0.2, 0.25) is 0 Å². The monoisotopic (exact) mass is 359 g/mol. The lowest BCUT2D eigenvalue weighted by Crippen LogP contribution is -2.37. The van der Waals surface area contributed by atoms with Gasteiger partial charge in [-0.2, -0.15) is 10.2 Å². The minimum atomic E-state index is 0.487. The number of nitrogens with one attached hydrogen (secondary N) is 4. The Morgan fingerprint density at radius 2 is 1.43 bits per heavy atom. The van der Waals surface area contributed by atoms with Gasteiger partial charge in [-0.3, -0.25) is 10.9 Å². The number of rotatable bonds is 8. The summed E-state index contributed by atoms with van der Waals surface area (Å²) in [5.74, 6) is 0.522. The number of nitrogens with zero attached hydrogens (tertiary/aromatic N) is 3. The number of hydrogen-bond donors (Lipinski definition) is 4. The Balaban J connectivity index is 4.20. The minimum absolute atomic E-state index is 0.487. The van der Waals surface area contributed by atoms with Crippen LogP contribution in [0.5, 0.6) is 0 Å². The van der Waals surface area contributed by atoms with E-state index in [1.54, 1.807) is 0 Å². The van der Waals surface area contributed by atoms with E-state index in [4.69, 9.17) is 24.4 Å². The molecule has 0 fully saturated rings. The zero-order valence-electron chi connectivity index (χ0n) is 14.9. The molecule has 0 radical (unpaired) electrons. The number of hydrazone groups is 2. The fourth-order valence-electron chi connectivity index (χ4n) is 1.20. The highest BCUT2D eigenvalue weighted by Crippen LogP contribution is 1.87. The first kappa shape index (κ1) is 21.7. The van der Waals surface area contributed by atoms with Crippen molar-refractivity contribution in [3.8, 4) is 0 Å². The second kappa shape index (κ2) is 12.1. The SMILES string of the molecule is CC(=N\NC(=S)NCCN(C)C)/C(C)=N/NC(=S)NCC(C)C. The molecule has 4 N–H and O–H groups in total. The van der Waals surface area contributed by atoms with E-state index in [2.05, 4.69) is 50.4 Å². The molecule has 0 rings (SSSR count). The zero-order chi connectivity index (χ0) is 17.8. The van der Waals surface area contributed by atoms with Gasteiger partial charge in [0.25, 0.3) is 0 Å². The molecule has 0 saturated heterocycles. The van der Waals surface area contributed by atoms with Crippen molar-refractivity contribution >= 4 is 46.1 Å². The van der Waals surface area contributed by atoms with Gasteiger partial charge in [0.05, 0.1) is 11.4 Å². The highest BCUT2D eigenvalue weighted by Gasteiger charge is 2.00. The van der Waals surface area contributed by atoms with Crippen molar-refractivity contribution in [3.05, 3.63) is 0 Å². The van der Waals surface area contributed by atoms with Gasteiger partial charge in [0.15, 0.2) is 10.2 Å². The molecule has 0 amide bonds. The Morgan fingerprint density at radius 3 is 1.87 bits per heavy atom. The highest BCUT2D eigenvalue weighted by molar-refractivity contribution is 7.80. The molecule has 0 bridgehead atoms. The van der Waals surface area contributed by atoms with E-state index < -0.39 is 0 Å². The first-order valence-electron chi connectivity index (χ1n) is 7.53. The minimum Gasteiger partial charge on any atom is -0.361 e. The van der Waals surface area contributed by atoms with E-state index in [0.717, 1.165) is 31.1 Å². The predicted octanol–water partition coefficient (Wildman–Crippen LogP) is 0.884. The third-order valence-electron chi connectivity index (χ3n) is 2.69. The first-order valence-corrected chi connectivity index (χ1v) is 8.35. The van der Waals surface area contributed by atoms with Gasteiger partial charge in [0.1, 0.15) is 0 Å². The fraction of sp³-hybridized carbons (Fsp3) is 0.714. The highest BCUT2D eigenvalue weighted by atomic mass is 32.1. The molecule has 0 spiro atoms. The van der Waals surface area contributed by atoms with Crippen molar-refractivity contribution in [2.24, 2.45) is 16.1 Å². The van der Waals surface area contributed by atoms with Crippen LogP contribution >= 0.6 is 24.4 Å². The molecule has 0 saturated carbocycles. The van der Waals surface area contributed by atoms with Crippen LogP contribution in [0.25, 0.3) is 0 Å². The molecule has 0 heterocycles. The van der Waals surface area contributed by atoms with Gasteiger partial charge in [-0.25, -0.2) is 0 Å². The zero-order valence-corrected chi connectivity index (χ0v) is 16.5. The van der Waals surface area contributed by atoms with Crippen LogP contribution in [0.2, 0.25) is 0 Å². The molecule has 0 aliphatic carbocycles. The molecular formula is C14H29N7S2. The first-order chi connectivity index (χ1) is 10.7. The third-order valence-corrected chi connectivity index (χ3v) is 3.16. The molecule has 0 unspecified atom stereocenters. The Morgan fingerprint density at radius 1 is 0.957 bits per heavy atom. The topological polar surface area (TPSA) is 76.1 Å². The largest absolute Gasteiger partial charge is 0.361 e. The Kier molecular flexibility index (Phi) is 11.4. The molecule has 0 aromatic heterocycles. The van der Waals surface area contributed by atoms with E-state index in [1.165, 1.54) is 0 Å². The lowest BCUT2D eigenvalue weighted by atomic mass is 10.2. The van der Waals surface area contributed by atoms with Crippen molar-refractivity contribution in [3.63, 3.8) is 0 Å². The van der Waals surface area contributed by atoms with Crippen molar-refractivity contribution < 1.29 is 0 Å². The van der Waals surface area contributed by atoms with E-state index >= 15 is 0 Å². The van der Waals surface area contributed by atoms with E-state index in [0.29, 0.717) is 16.1 Å². The van der Waals surface area contributed by atoms with Gasteiger partial charge < -0.3 is 15.5 Å². The molecule has 0 aromatic rings. The van der Waals surface area contributed by atoms with E-state index in [-0.39, 0.29) is 0 Å². The smallest absolute Gasteiger partial charge is 0.187 e. The normalized spacial score (nSPS) is 12.3. The van der Waals surface area contributed by atoms with Crippen LogP contribution in [0.3, 0.4) is 0 Å². The maximum atomic E-state index is 5.14. The van der Waals surface area contributed by atoms with Crippen LogP contribution in [-0.4, -0.2) is 60.3 Å². The summed E-state index contributed by atoms with van der Waals surface area (Å²) in [4.78, 5) is 2.07. The summed E-state index contributed by atoms with van der Waals surface area (Å²) in [6.07, 6.45) is 0. The van der Waals surface area contributed by atoms with Crippen LogP contribution in [0.4, 0.5) is 0 Å². The molecule has 9 heteroatoms. The third kappa shape index (κ3) is 12.9. The van der Waals surface area contributed by atoms with Gasteiger partial charge in [-0.05, 0) is 58.3 Å². The molecule has 23 heavy (non-hydrogen) atoms. The lowest BCUT2D eigenvalue weighted by Gasteiger charge is -2.12. The van der Waals surface area contributed by atoms with Crippen molar-refractivity contribution in [1.82, 2.24) is 26.4 Å². The molecule has 0 aliphatic heterocycles. The van der Waals surface area contributed by atoms with Gasteiger partial charge in [0, 0.05) is 19.6 Å². The molecule has 132 valence electrons. The van der Waals surface area contributed by atoms with Crippen LogP contribution < -0.4 is 21.5 Å². The van der Waals surface area contributed by atoms with Crippen molar-refractivity contribution in [2.45, 2.75) is 27.7 Å². The average molecular weight is 360 g/mol. The van der Waals surface area contributed by atoms with E-state index in [1.807, 2.05) is 27.9 Å². The summed E-state index contributed by atoms with van der Waals surface area (Å²) in [6.45, 7) is 10.4. The van der Waals surface area contributed by atoms with Crippen LogP contribution in [0.1, 0.15) is 27.7 Å². The van der Waals surface area contributed by atoms with Crippen LogP contribution in [0, 0.1) is 5.92 Å². The van der Waals surface area contributed by atoms with Crippen molar-refractivity contribution in [1.29, 1.82) is 0 Å². The van der Waals surface area contributed by atoms with Crippen LogP contribution in [-0.2, 0) is 0 Å². The summed E-state index contributed by atoms with van der Waals surface area (Å²) in [5, 5.41) is 15.5.